The lowest BCUT2D eigenvalue weighted by atomic mass is 9.88. The summed E-state index contributed by atoms with van der Waals surface area (Å²) < 4.78 is 5.40. The highest BCUT2D eigenvalue weighted by Crippen LogP contribution is 2.59. The van der Waals surface area contributed by atoms with Crippen LogP contribution < -0.4 is 4.90 Å². The first-order valence-corrected chi connectivity index (χ1v) is 12.0. The summed E-state index contributed by atoms with van der Waals surface area (Å²) in [4.78, 5) is 29.9. The number of rotatable bonds is 5. The van der Waals surface area contributed by atoms with E-state index in [1.54, 1.807) is 4.90 Å². The van der Waals surface area contributed by atoms with Crippen molar-refractivity contribution < 1.29 is 9.53 Å². The molecule has 1 saturated carbocycles. The summed E-state index contributed by atoms with van der Waals surface area (Å²) >= 11 is 0. The minimum absolute atomic E-state index is 0.0568. The van der Waals surface area contributed by atoms with E-state index in [9.17, 15) is 4.79 Å². The van der Waals surface area contributed by atoms with Crippen LogP contribution in [0.2, 0.25) is 0 Å². The van der Waals surface area contributed by atoms with Gasteiger partial charge in [0.15, 0.2) is 11.5 Å². The average molecular weight is 450 g/mol. The number of morpholine rings is 1. The molecule has 4 heterocycles. The minimum atomic E-state index is 0.0568. The van der Waals surface area contributed by atoms with Gasteiger partial charge in [-0.25, -0.2) is 9.97 Å². The number of ether oxygens (including phenoxy) is 1. The van der Waals surface area contributed by atoms with Crippen molar-refractivity contribution in [2.24, 2.45) is 11.3 Å². The van der Waals surface area contributed by atoms with Gasteiger partial charge in [-0.3, -0.25) is 14.8 Å². The topological polar surface area (TPSA) is 103 Å². The van der Waals surface area contributed by atoms with Crippen LogP contribution in [0.3, 0.4) is 0 Å². The fourth-order valence-corrected chi connectivity index (χ4v) is 5.47. The molecule has 3 aromatic rings. The Labute approximate surface area is 192 Å². The molecule has 6 rings (SSSR count). The van der Waals surface area contributed by atoms with Crippen molar-refractivity contribution in [3.8, 4) is 11.5 Å². The zero-order valence-electron chi connectivity index (χ0n) is 19.6. The monoisotopic (exact) mass is 449 g/mol. The van der Waals surface area contributed by atoms with Crippen molar-refractivity contribution in [2.75, 3.05) is 44.8 Å². The molecular formula is C24H31N7O2. The third-order valence-electron chi connectivity index (χ3n) is 7.81. The maximum Gasteiger partial charge on any atom is 0.240 e. The number of aromatic amines is 2. The molecule has 0 radical (unpaired) electrons. The molecule has 2 aliphatic carbocycles. The first kappa shape index (κ1) is 20.8. The summed E-state index contributed by atoms with van der Waals surface area (Å²) in [5, 5.41) is 7.88. The Hall–Kier alpha value is -2.78. The standard InChI is InChI=1S/C24H31N7O2/c1-4-16-19(30(3)20(32)13-31-5-7-33-8-6-31)10-17-22(25-16)27-23(26-17)21-15-9-14-11-24(14,2)12-18(15)28-29-21/h10,14H,4-9,11-13H2,1-3H3,(H,28,29)(H,25,26,27)/t14-,24-/m1/s1. The molecule has 2 N–H and O–H groups in total. The van der Waals surface area contributed by atoms with Crippen molar-refractivity contribution in [3.05, 3.63) is 23.0 Å². The van der Waals surface area contributed by atoms with E-state index in [4.69, 9.17) is 14.7 Å². The molecule has 174 valence electrons. The van der Waals surface area contributed by atoms with Gasteiger partial charge < -0.3 is 14.6 Å². The molecule has 0 spiro atoms. The molecule has 1 amide bonds. The van der Waals surface area contributed by atoms with E-state index in [0.717, 1.165) is 66.7 Å². The van der Waals surface area contributed by atoms with Gasteiger partial charge in [-0.05, 0) is 43.1 Å². The Morgan fingerprint density at radius 3 is 2.94 bits per heavy atom. The van der Waals surface area contributed by atoms with Crippen LogP contribution in [0.4, 0.5) is 5.69 Å². The van der Waals surface area contributed by atoms with Gasteiger partial charge in [0.05, 0.1) is 36.7 Å². The second-order valence-electron chi connectivity index (χ2n) is 10.1. The molecule has 0 unspecified atom stereocenters. The van der Waals surface area contributed by atoms with E-state index >= 15 is 0 Å². The largest absolute Gasteiger partial charge is 0.379 e. The number of fused-ring (bicyclic) bond motifs is 3. The number of carbonyl (C=O) groups excluding carboxylic acids is 1. The predicted octanol–water partition coefficient (Wildman–Crippen LogP) is 2.33. The van der Waals surface area contributed by atoms with Crippen molar-refractivity contribution in [3.63, 3.8) is 0 Å². The number of anilines is 1. The van der Waals surface area contributed by atoms with Crippen molar-refractivity contribution in [1.82, 2.24) is 30.0 Å². The Kier molecular flexibility index (Phi) is 4.81. The summed E-state index contributed by atoms with van der Waals surface area (Å²) in [6.45, 7) is 7.75. The van der Waals surface area contributed by atoms with Crippen molar-refractivity contribution in [2.45, 2.75) is 39.5 Å². The number of hydrogen-bond donors (Lipinski definition) is 2. The highest BCUT2D eigenvalue weighted by atomic mass is 16.5. The molecule has 9 heteroatoms. The first-order valence-electron chi connectivity index (χ1n) is 12.0. The number of nitrogens with one attached hydrogen (secondary N) is 2. The highest BCUT2D eigenvalue weighted by Gasteiger charge is 2.53. The molecule has 1 aliphatic heterocycles. The normalized spacial score (nSPS) is 24.5. The summed E-state index contributed by atoms with van der Waals surface area (Å²) in [6.07, 6.45) is 4.15. The van der Waals surface area contributed by atoms with Crippen LogP contribution in [0, 0.1) is 11.3 Å². The van der Waals surface area contributed by atoms with Gasteiger partial charge in [-0.1, -0.05) is 13.8 Å². The Bertz CT molecular complexity index is 1230. The van der Waals surface area contributed by atoms with E-state index in [1.165, 1.54) is 17.7 Å². The number of pyridine rings is 1. The van der Waals surface area contributed by atoms with Crippen LogP contribution in [0.5, 0.6) is 0 Å². The molecule has 33 heavy (non-hydrogen) atoms. The maximum absolute atomic E-state index is 13.0. The Balaban J connectivity index is 1.30. The number of aromatic nitrogens is 5. The number of hydrogen-bond acceptors (Lipinski definition) is 6. The van der Waals surface area contributed by atoms with Crippen LogP contribution in [0.1, 0.15) is 37.2 Å². The Morgan fingerprint density at radius 1 is 1.33 bits per heavy atom. The van der Waals surface area contributed by atoms with E-state index in [0.29, 0.717) is 30.8 Å². The number of likely N-dealkylation sites (N-methyl/N-ethyl adjacent to an activating group) is 1. The lowest BCUT2D eigenvalue weighted by Crippen LogP contribution is -2.44. The number of aryl methyl sites for hydroxylation is 1. The van der Waals surface area contributed by atoms with E-state index < -0.39 is 0 Å². The number of carbonyl (C=O) groups is 1. The fraction of sp³-hybridized carbons (Fsp3) is 0.583. The molecule has 0 bridgehead atoms. The molecule has 2 fully saturated rings. The molecule has 3 aliphatic rings. The molecule has 0 aromatic carbocycles. The van der Waals surface area contributed by atoms with Crippen LogP contribution >= 0.6 is 0 Å². The fourth-order valence-electron chi connectivity index (χ4n) is 5.47. The summed E-state index contributed by atoms with van der Waals surface area (Å²) in [5.41, 5.74) is 7.10. The molecule has 3 aromatic heterocycles. The van der Waals surface area contributed by atoms with Crippen LogP contribution in [-0.4, -0.2) is 75.9 Å². The second kappa shape index (κ2) is 7.63. The van der Waals surface area contributed by atoms with Gasteiger partial charge >= 0.3 is 0 Å². The second-order valence-corrected chi connectivity index (χ2v) is 10.1. The summed E-state index contributed by atoms with van der Waals surface area (Å²) in [5.74, 6) is 1.57. The predicted molar refractivity (Wildman–Crippen MR) is 125 cm³/mol. The zero-order valence-corrected chi connectivity index (χ0v) is 19.6. The van der Waals surface area contributed by atoms with Crippen molar-refractivity contribution >= 4 is 22.8 Å². The SMILES string of the molecule is CCc1nc2nc(-c3n[nH]c4c3C[C@@H]3C[C@]3(C)C4)[nH]c2cc1N(C)C(=O)CN1CCOCC1. The molecular weight excluding hydrogens is 418 g/mol. The van der Waals surface area contributed by atoms with Gasteiger partial charge in [-0.2, -0.15) is 5.10 Å². The van der Waals surface area contributed by atoms with Crippen LogP contribution in [0.25, 0.3) is 22.7 Å². The van der Waals surface area contributed by atoms with Gasteiger partial charge in [-0.15, -0.1) is 0 Å². The van der Waals surface area contributed by atoms with Crippen LogP contribution in [-0.2, 0) is 28.8 Å². The van der Waals surface area contributed by atoms with Gasteiger partial charge in [0.25, 0.3) is 0 Å². The van der Waals surface area contributed by atoms with Gasteiger partial charge in [0.1, 0.15) is 5.69 Å². The summed E-state index contributed by atoms with van der Waals surface area (Å²) in [7, 11) is 1.83. The van der Waals surface area contributed by atoms with E-state index in [2.05, 4.69) is 33.9 Å². The van der Waals surface area contributed by atoms with Crippen LogP contribution in [0.15, 0.2) is 6.07 Å². The zero-order chi connectivity index (χ0) is 22.7. The molecule has 1 saturated heterocycles. The smallest absolute Gasteiger partial charge is 0.240 e. The third kappa shape index (κ3) is 3.54. The van der Waals surface area contributed by atoms with Gasteiger partial charge in [0, 0.05) is 31.4 Å². The summed E-state index contributed by atoms with van der Waals surface area (Å²) in [6, 6.07) is 2.01. The number of H-pyrrole nitrogens is 2. The Morgan fingerprint density at radius 2 is 2.15 bits per heavy atom. The maximum atomic E-state index is 13.0. The van der Waals surface area contributed by atoms with Crippen molar-refractivity contribution in [1.29, 1.82) is 0 Å². The number of amides is 1. The highest BCUT2D eigenvalue weighted by molar-refractivity contribution is 5.96. The number of nitrogens with zero attached hydrogens (tertiary/aromatic N) is 5. The third-order valence-corrected chi connectivity index (χ3v) is 7.81. The van der Waals surface area contributed by atoms with E-state index in [-0.39, 0.29) is 5.91 Å². The average Bonchev–Trinajstić information content (AvgIpc) is 3.11. The van der Waals surface area contributed by atoms with Gasteiger partial charge in [0.2, 0.25) is 5.91 Å². The quantitative estimate of drug-likeness (QED) is 0.620. The molecule has 9 nitrogen and oxygen atoms in total. The first-order chi connectivity index (χ1) is 15.9. The lowest BCUT2D eigenvalue weighted by molar-refractivity contribution is -0.120. The van der Waals surface area contributed by atoms with E-state index in [1.807, 2.05) is 13.1 Å². The molecule has 2 atom stereocenters. The lowest BCUT2D eigenvalue weighted by Gasteiger charge is -2.28. The minimum Gasteiger partial charge on any atom is -0.379 e. The number of imidazole rings is 1.